The molecular formula is C16H13N3O. The number of carbonyl (C=O) groups is 1. The quantitative estimate of drug-likeness (QED) is 0.772. The SMILES string of the molecule is Cc1nc2ccccc2cc1C(=O)Nc1ccncc1. The first-order valence-electron chi connectivity index (χ1n) is 6.32. The fourth-order valence-corrected chi connectivity index (χ4v) is 2.08. The lowest BCUT2D eigenvalue weighted by Crippen LogP contribution is -2.14. The molecule has 3 rings (SSSR count). The first-order valence-corrected chi connectivity index (χ1v) is 6.32. The van der Waals surface area contributed by atoms with Gasteiger partial charge in [-0.25, -0.2) is 0 Å². The van der Waals surface area contributed by atoms with Gasteiger partial charge in [-0.05, 0) is 31.2 Å². The molecule has 98 valence electrons. The van der Waals surface area contributed by atoms with Gasteiger partial charge in [0.05, 0.1) is 16.8 Å². The summed E-state index contributed by atoms with van der Waals surface area (Å²) in [6.45, 7) is 1.84. The molecule has 0 aliphatic carbocycles. The molecule has 2 heterocycles. The van der Waals surface area contributed by atoms with E-state index in [0.717, 1.165) is 22.3 Å². The Balaban J connectivity index is 1.97. The Morgan fingerprint density at radius 1 is 1.10 bits per heavy atom. The van der Waals surface area contributed by atoms with E-state index in [1.807, 2.05) is 37.3 Å². The van der Waals surface area contributed by atoms with Gasteiger partial charge >= 0.3 is 0 Å². The third-order valence-electron chi connectivity index (χ3n) is 3.10. The van der Waals surface area contributed by atoms with Crippen molar-refractivity contribution in [1.29, 1.82) is 0 Å². The maximum Gasteiger partial charge on any atom is 0.257 e. The number of rotatable bonds is 2. The van der Waals surface area contributed by atoms with Crippen molar-refractivity contribution in [2.24, 2.45) is 0 Å². The number of amides is 1. The Hall–Kier alpha value is -2.75. The molecule has 2 aromatic heterocycles. The monoisotopic (exact) mass is 263 g/mol. The summed E-state index contributed by atoms with van der Waals surface area (Å²) in [4.78, 5) is 20.7. The zero-order valence-corrected chi connectivity index (χ0v) is 11.0. The van der Waals surface area contributed by atoms with Crippen molar-refractivity contribution in [3.63, 3.8) is 0 Å². The van der Waals surface area contributed by atoms with Crippen molar-refractivity contribution in [3.05, 3.63) is 66.1 Å². The summed E-state index contributed by atoms with van der Waals surface area (Å²) < 4.78 is 0. The second kappa shape index (κ2) is 5.09. The number of aryl methyl sites for hydroxylation is 1. The first kappa shape index (κ1) is 12.3. The van der Waals surface area contributed by atoms with E-state index < -0.39 is 0 Å². The van der Waals surface area contributed by atoms with Crippen molar-refractivity contribution in [2.75, 3.05) is 5.32 Å². The zero-order chi connectivity index (χ0) is 13.9. The summed E-state index contributed by atoms with van der Waals surface area (Å²) in [6, 6.07) is 13.1. The summed E-state index contributed by atoms with van der Waals surface area (Å²) >= 11 is 0. The number of carbonyl (C=O) groups excluding carboxylic acids is 1. The highest BCUT2D eigenvalue weighted by atomic mass is 16.1. The van der Waals surface area contributed by atoms with Gasteiger partial charge in [0.15, 0.2) is 0 Å². The molecule has 0 saturated carbocycles. The fraction of sp³-hybridized carbons (Fsp3) is 0.0625. The molecule has 3 aromatic rings. The second-order valence-electron chi connectivity index (χ2n) is 4.50. The third kappa shape index (κ3) is 2.36. The number of para-hydroxylation sites is 1. The minimum Gasteiger partial charge on any atom is -0.322 e. The molecule has 0 atom stereocenters. The topological polar surface area (TPSA) is 54.9 Å². The Labute approximate surface area is 116 Å². The Kier molecular flexibility index (Phi) is 3.13. The molecule has 0 unspecified atom stereocenters. The predicted molar refractivity (Wildman–Crippen MR) is 78.7 cm³/mol. The molecule has 0 bridgehead atoms. The third-order valence-corrected chi connectivity index (χ3v) is 3.10. The molecule has 4 heteroatoms. The average molecular weight is 263 g/mol. The van der Waals surface area contributed by atoms with Crippen molar-refractivity contribution in [2.45, 2.75) is 6.92 Å². The van der Waals surface area contributed by atoms with Gasteiger partial charge in [-0.2, -0.15) is 0 Å². The van der Waals surface area contributed by atoms with Gasteiger partial charge in [0.2, 0.25) is 0 Å². The van der Waals surface area contributed by atoms with Crippen molar-refractivity contribution < 1.29 is 4.79 Å². The summed E-state index contributed by atoms with van der Waals surface area (Å²) in [5.41, 5.74) is 2.92. The van der Waals surface area contributed by atoms with Gasteiger partial charge < -0.3 is 5.32 Å². The van der Waals surface area contributed by atoms with E-state index in [-0.39, 0.29) is 5.91 Å². The molecule has 20 heavy (non-hydrogen) atoms. The molecule has 4 nitrogen and oxygen atoms in total. The smallest absolute Gasteiger partial charge is 0.257 e. The van der Waals surface area contributed by atoms with Crippen LogP contribution in [0.25, 0.3) is 10.9 Å². The molecule has 0 spiro atoms. The van der Waals surface area contributed by atoms with Gasteiger partial charge in [-0.1, -0.05) is 18.2 Å². The van der Waals surface area contributed by atoms with E-state index >= 15 is 0 Å². The summed E-state index contributed by atoms with van der Waals surface area (Å²) in [6.07, 6.45) is 3.28. The Bertz CT molecular complexity index is 769. The number of anilines is 1. The molecule has 0 saturated heterocycles. The fourth-order valence-electron chi connectivity index (χ4n) is 2.08. The van der Waals surface area contributed by atoms with Crippen molar-refractivity contribution >= 4 is 22.5 Å². The molecule has 0 aliphatic heterocycles. The lowest BCUT2D eigenvalue weighted by Gasteiger charge is -2.08. The van der Waals surface area contributed by atoms with Crippen LogP contribution in [-0.4, -0.2) is 15.9 Å². The van der Waals surface area contributed by atoms with E-state index in [4.69, 9.17) is 0 Å². The number of hydrogen-bond donors (Lipinski definition) is 1. The molecule has 1 aromatic carbocycles. The molecule has 0 aliphatic rings. The number of benzene rings is 1. The number of hydrogen-bond acceptors (Lipinski definition) is 3. The Morgan fingerprint density at radius 2 is 1.85 bits per heavy atom. The van der Waals surface area contributed by atoms with Gasteiger partial charge in [-0.3, -0.25) is 14.8 Å². The highest BCUT2D eigenvalue weighted by molar-refractivity contribution is 6.06. The van der Waals surface area contributed by atoms with Crippen molar-refractivity contribution in [3.8, 4) is 0 Å². The Morgan fingerprint density at radius 3 is 2.65 bits per heavy atom. The number of nitrogens with zero attached hydrogens (tertiary/aromatic N) is 2. The molecule has 1 N–H and O–H groups in total. The van der Waals surface area contributed by atoms with Gasteiger partial charge in [0.1, 0.15) is 0 Å². The van der Waals surface area contributed by atoms with Crippen LogP contribution in [0.1, 0.15) is 16.1 Å². The van der Waals surface area contributed by atoms with Crippen LogP contribution in [-0.2, 0) is 0 Å². The lowest BCUT2D eigenvalue weighted by atomic mass is 10.1. The van der Waals surface area contributed by atoms with Crippen LogP contribution < -0.4 is 5.32 Å². The number of aromatic nitrogens is 2. The van der Waals surface area contributed by atoms with Crippen LogP contribution in [0.5, 0.6) is 0 Å². The highest BCUT2D eigenvalue weighted by Gasteiger charge is 2.11. The average Bonchev–Trinajstić information content (AvgIpc) is 2.47. The van der Waals surface area contributed by atoms with Gasteiger partial charge in [0, 0.05) is 23.5 Å². The number of pyridine rings is 2. The maximum absolute atomic E-state index is 12.3. The highest BCUT2D eigenvalue weighted by Crippen LogP contribution is 2.17. The maximum atomic E-state index is 12.3. The van der Waals surface area contributed by atoms with Crippen LogP contribution in [0.4, 0.5) is 5.69 Å². The van der Waals surface area contributed by atoms with Crippen molar-refractivity contribution in [1.82, 2.24) is 9.97 Å². The summed E-state index contributed by atoms with van der Waals surface area (Å²) in [7, 11) is 0. The van der Waals surface area contributed by atoms with E-state index in [2.05, 4.69) is 15.3 Å². The van der Waals surface area contributed by atoms with Gasteiger partial charge in [-0.15, -0.1) is 0 Å². The van der Waals surface area contributed by atoms with Crippen LogP contribution in [0.2, 0.25) is 0 Å². The molecule has 0 radical (unpaired) electrons. The van der Waals surface area contributed by atoms with E-state index in [1.54, 1.807) is 24.5 Å². The zero-order valence-electron chi connectivity index (χ0n) is 11.0. The van der Waals surface area contributed by atoms with E-state index in [9.17, 15) is 4.79 Å². The summed E-state index contributed by atoms with van der Waals surface area (Å²) in [5, 5.41) is 3.80. The summed E-state index contributed by atoms with van der Waals surface area (Å²) in [5.74, 6) is -0.160. The number of nitrogens with one attached hydrogen (secondary N) is 1. The standard InChI is InChI=1S/C16H13N3O/c1-11-14(10-12-4-2-3-5-15(12)18-11)16(20)19-13-6-8-17-9-7-13/h2-10H,1H3,(H,17,19,20). The second-order valence-corrected chi connectivity index (χ2v) is 4.50. The molecule has 0 fully saturated rings. The molecule has 1 amide bonds. The largest absolute Gasteiger partial charge is 0.322 e. The van der Waals surface area contributed by atoms with Crippen LogP contribution in [0, 0.1) is 6.92 Å². The number of fused-ring (bicyclic) bond motifs is 1. The van der Waals surface area contributed by atoms with Crippen LogP contribution in [0.3, 0.4) is 0 Å². The normalized spacial score (nSPS) is 10.4. The van der Waals surface area contributed by atoms with E-state index in [1.165, 1.54) is 0 Å². The minimum atomic E-state index is -0.160. The van der Waals surface area contributed by atoms with Gasteiger partial charge in [0.25, 0.3) is 5.91 Å². The first-order chi connectivity index (χ1) is 9.74. The predicted octanol–water partition coefficient (Wildman–Crippen LogP) is 3.19. The van der Waals surface area contributed by atoms with E-state index in [0.29, 0.717) is 5.56 Å². The van der Waals surface area contributed by atoms with Crippen LogP contribution in [0.15, 0.2) is 54.9 Å². The lowest BCUT2D eigenvalue weighted by molar-refractivity contribution is 0.102. The van der Waals surface area contributed by atoms with Crippen LogP contribution >= 0.6 is 0 Å². The molecular weight excluding hydrogens is 250 g/mol. The minimum absolute atomic E-state index is 0.160.